The standard InChI is InChI=1S/C25H25ClF3N3O3/c1-7-33-16(3)14-34-20-10-8-9-11-21(20)35-24-18(26)13-19(27)23(30-24)32-15(2)12-22(25(5,28)29)31(6)17(32)4/h8-13H,2-4,7,14H2,1,5-6H3. The first-order valence-corrected chi connectivity index (χ1v) is 10.9. The number of halogens is 4. The van der Waals surface area contributed by atoms with E-state index in [9.17, 15) is 13.2 Å². The molecule has 1 aliphatic rings. The van der Waals surface area contributed by atoms with Crippen LogP contribution in [-0.4, -0.2) is 36.1 Å². The second-order valence-corrected chi connectivity index (χ2v) is 8.02. The highest BCUT2D eigenvalue weighted by Gasteiger charge is 2.37. The number of hydrogen-bond donors (Lipinski definition) is 0. The Labute approximate surface area is 207 Å². The summed E-state index contributed by atoms with van der Waals surface area (Å²) in [5.74, 6) is -3.34. The summed E-state index contributed by atoms with van der Waals surface area (Å²) in [7, 11) is 1.39. The first-order chi connectivity index (χ1) is 16.4. The van der Waals surface area contributed by atoms with Gasteiger partial charge in [0.15, 0.2) is 23.1 Å². The lowest BCUT2D eigenvalue weighted by atomic mass is 10.1. The molecule has 1 aromatic carbocycles. The summed E-state index contributed by atoms with van der Waals surface area (Å²) < 4.78 is 59.8. The van der Waals surface area contributed by atoms with Crippen LogP contribution < -0.4 is 14.4 Å². The molecule has 10 heteroatoms. The Kier molecular flexibility index (Phi) is 7.70. The molecule has 0 radical (unpaired) electrons. The zero-order chi connectivity index (χ0) is 25.9. The van der Waals surface area contributed by atoms with Crippen LogP contribution in [0.5, 0.6) is 17.4 Å². The Morgan fingerprint density at radius 2 is 1.86 bits per heavy atom. The van der Waals surface area contributed by atoms with Crippen LogP contribution in [0.3, 0.4) is 0 Å². The van der Waals surface area contributed by atoms with E-state index in [0.29, 0.717) is 18.1 Å². The molecule has 0 fully saturated rings. The van der Waals surface area contributed by atoms with E-state index in [1.54, 1.807) is 24.3 Å². The van der Waals surface area contributed by atoms with E-state index in [2.05, 4.69) is 24.7 Å². The molecule has 0 bridgehead atoms. The van der Waals surface area contributed by atoms with Crippen LogP contribution >= 0.6 is 11.6 Å². The van der Waals surface area contributed by atoms with Gasteiger partial charge in [-0.3, -0.25) is 4.90 Å². The second-order valence-electron chi connectivity index (χ2n) is 7.61. The van der Waals surface area contributed by atoms with Gasteiger partial charge in [-0.25, -0.2) is 13.2 Å². The second kappa shape index (κ2) is 10.4. The van der Waals surface area contributed by atoms with Crippen molar-refractivity contribution in [3.8, 4) is 17.4 Å². The van der Waals surface area contributed by atoms with Crippen molar-refractivity contribution in [2.75, 3.05) is 25.2 Å². The monoisotopic (exact) mass is 507 g/mol. The van der Waals surface area contributed by atoms with Crippen LogP contribution in [0.2, 0.25) is 5.02 Å². The topological polar surface area (TPSA) is 47.1 Å². The minimum Gasteiger partial charge on any atom is -0.495 e. The molecule has 3 rings (SSSR count). The highest BCUT2D eigenvalue weighted by atomic mass is 35.5. The molecule has 0 aliphatic carbocycles. The molecule has 0 unspecified atom stereocenters. The molecule has 186 valence electrons. The average molecular weight is 508 g/mol. The third kappa shape index (κ3) is 5.74. The number of rotatable bonds is 9. The predicted octanol–water partition coefficient (Wildman–Crippen LogP) is 6.87. The van der Waals surface area contributed by atoms with E-state index in [1.807, 2.05) is 6.92 Å². The number of anilines is 1. The fraction of sp³-hybridized carbons (Fsp3) is 0.240. The molecule has 0 spiro atoms. The van der Waals surface area contributed by atoms with Crippen LogP contribution in [0.4, 0.5) is 19.0 Å². The lowest BCUT2D eigenvalue weighted by Gasteiger charge is -2.39. The van der Waals surface area contributed by atoms with Gasteiger partial charge in [0.1, 0.15) is 23.2 Å². The van der Waals surface area contributed by atoms with Crippen LogP contribution in [0, 0.1) is 5.82 Å². The molecule has 2 heterocycles. The number of alkyl halides is 2. The zero-order valence-corrected chi connectivity index (χ0v) is 20.3. The quantitative estimate of drug-likeness (QED) is 0.345. The minimum atomic E-state index is -3.16. The number of allylic oxidation sites excluding steroid dienone is 2. The maximum absolute atomic E-state index is 15.0. The fourth-order valence-corrected chi connectivity index (χ4v) is 3.46. The van der Waals surface area contributed by atoms with Gasteiger partial charge in [0, 0.05) is 25.7 Å². The van der Waals surface area contributed by atoms with Gasteiger partial charge in [-0.1, -0.05) is 43.5 Å². The summed E-state index contributed by atoms with van der Waals surface area (Å²) in [6, 6.07) is 7.73. The number of para-hydroxylation sites is 2. The molecule has 35 heavy (non-hydrogen) atoms. The van der Waals surface area contributed by atoms with E-state index >= 15 is 0 Å². The summed E-state index contributed by atoms with van der Waals surface area (Å²) in [6.07, 6.45) is 1.14. The zero-order valence-electron chi connectivity index (χ0n) is 19.6. The number of ether oxygens (including phenoxy) is 3. The van der Waals surface area contributed by atoms with Crippen molar-refractivity contribution in [1.82, 2.24) is 9.88 Å². The van der Waals surface area contributed by atoms with Gasteiger partial charge in [-0.05, 0) is 25.1 Å². The molecule has 1 aromatic heterocycles. The smallest absolute Gasteiger partial charge is 0.285 e. The van der Waals surface area contributed by atoms with Gasteiger partial charge in [0.25, 0.3) is 5.92 Å². The highest BCUT2D eigenvalue weighted by molar-refractivity contribution is 6.31. The molecule has 6 nitrogen and oxygen atoms in total. The molecule has 0 saturated heterocycles. The number of aromatic nitrogens is 1. The van der Waals surface area contributed by atoms with E-state index in [0.717, 1.165) is 24.0 Å². The first-order valence-electron chi connectivity index (χ1n) is 10.5. The van der Waals surface area contributed by atoms with Crippen molar-refractivity contribution in [1.29, 1.82) is 0 Å². The maximum atomic E-state index is 15.0. The Morgan fingerprint density at radius 1 is 1.20 bits per heavy atom. The Morgan fingerprint density at radius 3 is 2.49 bits per heavy atom. The molecule has 1 aliphatic heterocycles. The maximum Gasteiger partial charge on any atom is 0.285 e. The van der Waals surface area contributed by atoms with E-state index in [4.69, 9.17) is 25.8 Å². The van der Waals surface area contributed by atoms with Crippen molar-refractivity contribution < 1.29 is 27.4 Å². The Bertz CT molecular complexity index is 1190. The minimum absolute atomic E-state index is 0.0202. The lowest BCUT2D eigenvalue weighted by Crippen LogP contribution is -2.40. The van der Waals surface area contributed by atoms with Gasteiger partial charge < -0.3 is 19.1 Å². The summed E-state index contributed by atoms with van der Waals surface area (Å²) in [5.41, 5.74) is -0.295. The fourth-order valence-electron chi connectivity index (χ4n) is 3.28. The van der Waals surface area contributed by atoms with Crippen LogP contribution in [0.1, 0.15) is 13.8 Å². The highest BCUT2D eigenvalue weighted by Crippen LogP contribution is 2.41. The van der Waals surface area contributed by atoms with Crippen molar-refractivity contribution >= 4 is 17.4 Å². The molecule has 0 N–H and O–H groups in total. The van der Waals surface area contributed by atoms with Crippen molar-refractivity contribution in [3.63, 3.8) is 0 Å². The number of hydrogen-bond acceptors (Lipinski definition) is 6. The van der Waals surface area contributed by atoms with Crippen LogP contribution in [-0.2, 0) is 4.74 Å². The molecule has 0 saturated carbocycles. The third-order valence-electron chi connectivity index (χ3n) is 4.93. The first kappa shape index (κ1) is 26.0. The molecule has 0 atom stereocenters. The molecule has 0 amide bonds. The van der Waals surface area contributed by atoms with Crippen molar-refractivity contribution in [3.05, 3.63) is 90.0 Å². The number of benzene rings is 1. The van der Waals surface area contributed by atoms with E-state index in [1.165, 1.54) is 11.9 Å². The van der Waals surface area contributed by atoms with Gasteiger partial charge in [0.05, 0.1) is 12.3 Å². The van der Waals surface area contributed by atoms with E-state index in [-0.39, 0.29) is 46.3 Å². The Hall–Kier alpha value is -3.59. The Balaban J connectivity index is 1.95. The normalized spacial score (nSPS) is 14.1. The summed E-state index contributed by atoms with van der Waals surface area (Å²) >= 11 is 6.21. The summed E-state index contributed by atoms with van der Waals surface area (Å²) in [6.45, 7) is 14.5. The molecule has 2 aromatic rings. The van der Waals surface area contributed by atoms with Crippen LogP contribution in [0.15, 0.2) is 79.1 Å². The van der Waals surface area contributed by atoms with Gasteiger partial charge in [-0.2, -0.15) is 4.98 Å². The molecular formula is C25H25ClF3N3O3. The van der Waals surface area contributed by atoms with Gasteiger partial charge in [-0.15, -0.1) is 0 Å². The van der Waals surface area contributed by atoms with Gasteiger partial charge in [0.2, 0.25) is 5.88 Å². The summed E-state index contributed by atoms with van der Waals surface area (Å²) in [5, 5.41) is -0.113. The van der Waals surface area contributed by atoms with Gasteiger partial charge >= 0.3 is 0 Å². The predicted molar refractivity (Wildman–Crippen MR) is 129 cm³/mol. The van der Waals surface area contributed by atoms with Crippen LogP contribution in [0.25, 0.3) is 0 Å². The number of pyridine rings is 1. The van der Waals surface area contributed by atoms with Crippen molar-refractivity contribution in [2.45, 2.75) is 19.8 Å². The SMILES string of the molecule is C=C(COc1ccccc1Oc1nc(N2C(=C)C=C(C(C)(F)F)N(C)C2=C)c(F)cc1Cl)OCC. The average Bonchev–Trinajstić information content (AvgIpc) is 2.78. The summed E-state index contributed by atoms with van der Waals surface area (Å²) in [4.78, 5) is 6.55. The molecular weight excluding hydrogens is 483 g/mol. The van der Waals surface area contributed by atoms with Crippen molar-refractivity contribution in [2.24, 2.45) is 0 Å². The lowest BCUT2D eigenvalue weighted by molar-refractivity contribution is 0.0384. The largest absolute Gasteiger partial charge is 0.495 e. The van der Waals surface area contributed by atoms with E-state index < -0.39 is 11.7 Å². The number of nitrogens with zero attached hydrogens (tertiary/aromatic N) is 3. The third-order valence-corrected chi connectivity index (χ3v) is 5.20.